The summed E-state index contributed by atoms with van der Waals surface area (Å²) >= 11 is 0. The van der Waals surface area contributed by atoms with Crippen molar-refractivity contribution in [1.82, 2.24) is 0 Å². The minimum atomic E-state index is 0.111. The van der Waals surface area contributed by atoms with Crippen LogP contribution >= 0.6 is 0 Å². The Kier molecular flexibility index (Phi) is 2.97. The second-order valence-corrected chi connectivity index (χ2v) is 3.81. The first-order chi connectivity index (χ1) is 7.74. The first kappa shape index (κ1) is 10.8. The van der Waals surface area contributed by atoms with Gasteiger partial charge >= 0.3 is 0 Å². The van der Waals surface area contributed by atoms with E-state index < -0.39 is 0 Å². The first-order valence-electron chi connectivity index (χ1n) is 5.25. The summed E-state index contributed by atoms with van der Waals surface area (Å²) in [5.41, 5.74) is 10.9. The average Bonchev–Trinajstić information content (AvgIpc) is 2.77. The lowest BCUT2D eigenvalue weighted by atomic mass is 9.97. The van der Waals surface area contributed by atoms with Crippen LogP contribution in [0.3, 0.4) is 0 Å². The number of rotatable bonds is 3. The molecule has 0 spiro atoms. The maximum absolute atomic E-state index is 9.02. The zero-order valence-electron chi connectivity index (χ0n) is 9.23. The van der Waals surface area contributed by atoms with Crippen LogP contribution in [0.4, 0.5) is 5.69 Å². The zero-order chi connectivity index (χ0) is 11.5. The molecule has 0 unspecified atom stereocenters. The number of hydrogen-bond acceptors (Lipinski definition) is 3. The van der Waals surface area contributed by atoms with Crippen LogP contribution < -0.4 is 5.73 Å². The van der Waals surface area contributed by atoms with Crippen molar-refractivity contribution in [3.05, 3.63) is 41.9 Å². The van der Waals surface area contributed by atoms with Gasteiger partial charge in [-0.05, 0) is 30.5 Å². The molecule has 0 bridgehead atoms. The fourth-order valence-electron chi connectivity index (χ4n) is 1.89. The number of furan rings is 1. The van der Waals surface area contributed by atoms with Crippen LogP contribution in [-0.2, 0) is 6.42 Å². The number of aliphatic hydroxyl groups is 1. The SMILES string of the molecule is Cc1ccc(-c2ccoc2)c(N)c1CCO. The average molecular weight is 217 g/mol. The molecule has 3 nitrogen and oxygen atoms in total. The first-order valence-corrected chi connectivity index (χ1v) is 5.25. The van der Waals surface area contributed by atoms with E-state index in [-0.39, 0.29) is 6.61 Å². The minimum Gasteiger partial charge on any atom is -0.472 e. The summed E-state index contributed by atoms with van der Waals surface area (Å²) in [5, 5.41) is 9.02. The van der Waals surface area contributed by atoms with Gasteiger partial charge in [-0.2, -0.15) is 0 Å². The van der Waals surface area contributed by atoms with E-state index in [1.54, 1.807) is 12.5 Å². The van der Waals surface area contributed by atoms with Gasteiger partial charge in [-0.3, -0.25) is 0 Å². The van der Waals surface area contributed by atoms with E-state index in [4.69, 9.17) is 15.3 Å². The molecule has 3 N–H and O–H groups in total. The predicted octanol–water partition coefficient (Wildman–Crippen LogP) is 2.37. The standard InChI is InChI=1S/C13H15NO2/c1-9-2-3-12(10-5-7-16-8-10)13(14)11(9)4-6-15/h2-3,5,7-8,15H,4,6,14H2,1H3. The molecule has 0 saturated carbocycles. The van der Waals surface area contributed by atoms with Gasteiger partial charge in [-0.1, -0.05) is 12.1 Å². The summed E-state index contributed by atoms with van der Waals surface area (Å²) in [6.07, 6.45) is 3.88. The molecule has 0 aliphatic heterocycles. The number of aryl methyl sites for hydroxylation is 1. The van der Waals surface area contributed by atoms with Gasteiger partial charge in [-0.25, -0.2) is 0 Å². The number of nitrogens with two attached hydrogens (primary N) is 1. The molecule has 0 fully saturated rings. The molecule has 2 aromatic rings. The maximum Gasteiger partial charge on any atom is 0.0981 e. The highest BCUT2D eigenvalue weighted by atomic mass is 16.3. The summed E-state index contributed by atoms with van der Waals surface area (Å²) in [7, 11) is 0. The normalized spacial score (nSPS) is 10.6. The van der Waals surface area contributed by atoms with E-state index in [1.807, 2.05) is 25.1 Å². The van der Waals surface area contributed by atoms with Crippen molar-refractivity contribution < 1.29 is 9.52 Å². The second kappa shape index (κ2) is 4.41. The van der Waals surface area contributed by atoms with Crippen molar-refractivity contribution in [2.45, 2.75) is 13.3 Å². The molecule has 0 radical (unpaired) electrons. The van der Waals surface area contributed by atoms with Gasteiger partial charge in [0.15, 0.2) is 0 Å². The minimum absolute atomic E-state index is 0.111. The van der Waals surface area contributed by atoms with E-state index in [0.717, 1.165) is 27.9 Å². The molecular formula is C13H15NO2. The highest BCUT2D eigenvalue weighted by Crippen LogP contribution is 2.31. The van der Waals surface area contributed by atoms with Crippen LogP contribution in [0.5, 0.6) is 0 Å². The van der Waals surface area contributed by atoms with Gasteiger partial charge in [0.25, 0.3) is 0 Å². The lowest BCUT2D eigenvalue weighted by molar-refractivity contribution is 0.299. The fourth-order valence-corrected chi connectivity index (χ4v) is 1.89. The molecule has 16 heavy (non-hydrogen) atoms. The maximum atomic E-state index is 9.02. The van der Waals surface area contributed by atoms with Crippen molar-refractivity contribution in [1.29, 1.82) is 0 Å². The molecule has 1 aromatic heterocycles. The summed E-state index contributed by atoms with van der Waals surface area (Å²) in [6, 6.07) is 5.88. The van der Waals surface area contributed by atoms with Crippen LogP contribution in [0.2, 0.25) is 0 Å². The molecular weight excluding hydrogens is 202 g/mol. The number of anilines is 1. The van der Waals surface area contributed by atoms with Crippen LogP contribution in [0, 0.1) is 6.92 Å². The monoisotopic (exact) mass is 217 g/mol. The Morgan fingerprint density at radius 2 is 2.12 bits per heavy atom. The smallest absolute Gasteiger partial charge is 0.0981 e. The largest absolute Gasteiger partial charge is 0.472 e. The lowest BCUT2D eigenvalue weighted by Gasteiger charge is -2.12. The summed E-state index contributed by atoms with van der Waals surface area (Å²) in [5.74, 6) is 0. The highest BCUT2D eigenvalue weighted by molar-refractivity contribution is 5.78. The van der Waals surface area contributed by atoms with Crippen molar-refractivity contribution in [3.8, 4) is 11.1 Å². The third-order valence-corrected chi connectivity index (χ3v) is 2.79. The van der Waals surface area contributed by atoms with Gasteiger partial charge in [0.2, 0.25) is 0 Å². The van der Waals surface area contributed by atoms with Gasteiger partial charge < -0.3 is 15.3 Å². The van der Waals surface area contributed by atoms with E-state index in [1.165, 1.54) is 0 Å². The van der Waals surface area contributed by atoms with Crippen molar-refractivity contribution in [3.63, 3.8) is 0 Å². The van der Waals surface area contributed by atoms with Crippen LogP contribution in [0.1, 0.15) is 11.1 Å². The number of nitrogen functional groups attached to an aromatic ring is 1. The molecule has 1 aromatic carbocycles. The summed E-state index contributed by atoms with van der Waals surface area (Å²) < 4.78 is 5.05. The highest BCUT2D eigenvalue weighted by Gasteiger charge is 2.10. The Morgan fingerprint density at radius 3 is 2.75 bits per heavy atom. The molecule has 0 atom stereocenters. The molecule has 84 valence electrons. The third kappa shape index (κ3) is 1.82. The third-order valence-electron chi connectivity index (χ3n) is 2.79. The van der Waals surface area contributed by atoms with Crippen molar-refractivity contribution in [2.75, 3.05) is 12.3 Å². The van der Waals surface area contributed by atoms with E-state index in [9.17, 15) is 0 Å². The molecule has 1 heterocycles. The molecule has 0 amide bonds. The molecule has 0 saturated heterocycles. The number of benzene rings is 1. The van der Waals surface area contributed by atoms with Crippen LogP contribution in [0.25, 0.3) is 11.1 Å². The summed E-state index contributed by atoms with van der Waals surface area (Å²) in [4.78, 5) is 0. The summed E-state index contributed by atoms with van der Waals surface area (Å²) in [6.45, 7) is 2.11. The zero-order valence-corrected chi connectivity index (χ0v) is 9.23. The topological polar surface area (TPSA) is 59.4 Å². The number of aliphatic hydroxyl groups excluding tert-OH is 1. The molecule has 0 aliphatic carbocycles. The van der Waals surface area contributed by atoms with Gasteiger partial charge in [0.05, 0.1) is 12.5 Å². The Bertz CT molecular complexity index is 475. The van der Waals surface area contributed by atoms with Crippen LogP contribution in [0.15, 0.2) is 35.1 Å². The predicted molar refractivity (Wildman–Crippen MR) is 64.1 cm³/mol. The second-order valence-electron chi connectivity index (χ2n) is 3.81. The Balaban J connectivity index is 2.52. The lowest BCUT2D eigenvalue weighted by Crippen LogP contribution is -2.02. The van der Waals surface area contributed by atoms with Crippen molar-refractivity contribution >= 4 is 5.69 Å². The Morgan fingerprint density at radius 1 is 1.31 bits per heavy atom. The molecule has 0 aliphatic rings. The van der Waals surface area contributed by atoms with Gasteiger partial charge in [0.1, 0.15) is 0 Å². The quantitative estimate of drug-likeness (QED) is 0.776. The Hall–Kier alpha value is -1.74. The molecule has 3 heteroatoms. The van der Waals surface area contributed by atoms with Gasteiger partial charge in [0, 0.05) is 23.4 Å². The van der Waals surface area contributed by atoms with Crippen LogP contribution in [-0.4, -0.2) is 11.7 Å². The molecule has 2 rings (SSSR count). The Labute approximate surface area is 94.5 Å². The van der Waals surface area contributed by atoms with E-state index >= 15 is 0 Å². The fraction of sp³-hybridized carbons (Fsp3) is 0.231. The van der Waals surface area contributed by atoms with E-state index in [2.05, 4.69) is 0 Å². The number of hydrogen-bond donors (Lipinski definition) is 2. The van der Waals surface area contributed by atoms with Gasteiger partial charge in [-0.15, -0.1) is 0 Å². The van der Waals surface area contributed by atoms with E-state index in [0.29, 0.717) is 6.42 Å². The van der Waals surface area contributed by atoms with Crippen molar-refractivity contribution in [2.24, 2.45) is 0 Å².